The van der Waals surface area contributed by atoms with Gasteiger partial charge in [-0.15, -0.1) is 10.2 Å². The molecule has 1 aliphatic rings. The van der Waals surface area contributed by atoms with Crippen molar-refractivity contribution in [2.45, 2.75) is 38.5 Å². The summed E-state index contributed by atoms with van der Waals surface area (Å²) in [6.45, 7) is 4.09. The fourth-order valence-corrected chi connectivity index (χ4v) is 4.92. The third-order valence-corrected chi connectivity index (χ3v) is 6.39. The Hall–Kier alpha value is -1.73. The largest absolute Gasteiger partial charge is 0.318 e. The number of aromatic nitrogens is 3. The van der Waals surface area contributed by atoms with Crippen molar-refractivity contribution in [3.05, 3.63) is 48.0 Å². The maximum atomic E-state index is 12.7. The van der Waals surface area contributed by atoms with E-state index in [4.69, 9.17) is 0 Å². The fourth-order valence-electron chi connectivity index (χ4n) is 3.28. The fraction of sp³-hybridized carbons (Fsp3) is 0.529. The van der Waals surface area contributed by atoms with Crippen LogP contribution in [0.1, 0.15) is 31.2 Å². The molecule has 0 bridgehead atoms. The smallest absolute Gasteiger partial charge is 0.218 e. The first-order valence-corrected chi connectivity index (χ1v) is 10.1. The number of piperidine rings is 1. The van der Waals surface area contributed by atoms with Gasteiger partial charge in [0.2, 0.25) is 10.0 Å². The third kappa shape index (κ3) is 4.02. The molecule has 1 fully saturated rings. The minimum Gasteiger partial charge on any atom is -0.318 e. The number of hydrogen-bond donors (Lipinski definition) is 0. The zero-order valence-electron chi connectivity index (χ0n) is 14.0. The predicted octanol–water partition coefficient (Wildman–Crippen LogP) is 2.08. The van der Waals surface area contributed by atoms with Crippen LogP contribution in [0, 0.1) is 5.92 Å². The monoisotopic (exact) mass is 348 g/mol. The summed E-state index contributed by atoms with van der Waals surface area (Å²) in [5.41, 5.74) is 0.838. The molecule has 1 aromatic heterocycles. The topological polar surface area (TPSA) is 68.1 Å². The standard InChI is InChI=1S/C17H24N4O2S/c1-2-20-14-18-19-17(20)11-16-9-6-10-21(12-16)24(22,23)13-15-7-4-3-5-8-15/h3-5,7-8,14,16H,2,6,9-13H2,1H3. The molecule has 0 spiro atoms. The molecule has 0 radical (unpaired) electrons. The van der Waals surface area contributed by atoms with Gasteiger partial charge in [-0.2, -0.15) is 0 Å². The van der Waals surface area contributed by atoms with Crippen molar-refractivity contribution in [1.29, 1.82) is 0 Å². The summed E-state index contributed by atoms with van der Waals surface area (Å²) in [7, 11) is -3.27. The van der Waals surface area contributed by atoms with E-state index in [9.17, 15) is 8.42 Å². The third-order valence-electron chi connectivity index (χ3n) is 4.57. The molecule has 6 nitrogen and oxygen atoms in total. The van der Waals surface area contributed by atoms with Crippen LogP contribution in [0.5, 0.6) is 0 Å². The van der Waals surface area contributed by atoms with E-state index >= 15 is 0 Å². The molecule has 24 heavy (non-hydrogen) atoms. The zero-order valence-corrected chi connectivity index (χ0v) is 14.8. The Kier molecular flexibility index (Phi) is 5.30. The molecule has 0 aliphatic carbocycles. The average molecular weight is 348 g/mol. The highest BCUT2D eigenvalue weighted by Gasteiger charge is 2.29. The maximum Gasteiger partial charge on any atom is 0.218 e. The quantitative estimate of drug-likeness (QED) is 0.801. The van der Waals surface area contributed by atoms with Gasteiger partial charge in [0.15, 0.2) is 0 Å². The number of nitrogens with zero attached hydrogens (tertiary/aromatic N) is 4. The molecule has 1 aliphatic heterocycles. The summed E-state index contributed by atoms with van der Waals surface area (Å²) in [4.78, 5) is 0. The molecule has 0 amide bonds. The minimum absolute atomic E-state index is 0.0751. The van der Waals surface area contributed by atoms with Crippen LogP contribution < -0.4 is 0 Å². The van der Waals surface area contributed by atoms with Crippen LogP contribution in [0.2, 0.25) is 0 Å². The summed E-state index contributed by atoms with van der Waals surface area (Å²) in [5, 5.41) is 8.14. The Labute approximate surface area is 143 Å². The van der Waals surface area contributed by atoms with Crippen LogP contribution >= 0.6 is 0 Å². The van der Waals surface area contributed by atoms with E-state index < -0.39 is 10.0 Å². The van der Waals surface area contributed by atoms with Crippen molar-refractivity contribution >= 4 is 10.0 Å². The molecular weight excluding hydrogens is 324 g/mol. The van der Waals surface area contributed by atoms with E-state index in [0.717, 1.165) is 37.2 Å². The molecule has 2 heterocycles. The van der Waals surface area contributed by atoms with Crippen molar-refractivity contribution in [2.75, 3.05) is 13.1 Å². The van der Waals surface area contributed by atoms with Crippen LogP contribution in [-0.4, -0.2) is 40.6 Å². The van der Waals surface area contributed by atoms with E-state index in [1.165, 1.54) is 0 Å². The molecule has 2 aromatic rings. The van der Waals surface area contributed by atoms with Gasteiger partial charge < -0.3 is 4.57 Å². The van der Waals surface area contributed by atoms with Gasteiger partial charge in [0.25, 0.3) is 0 Å². The van der Waals surface area contributed by atoms with Gasteiger partial charge in [-0.1, -0.05) is 30.3 Å². The summed E-state index contributed by atoms with van der Waals surface area (Å²) >= 11 is 0. The Morgan fingerprint density at radius 3 is 2.79 bits per heavy atom. The first-order chi connectivity index (χ1) is 11.6. The minimum atomic E-state index is -3.27. The predicted molar refractivity (Wildman–Crippen MR) is 92.8 cm³/mol. The molecule has 1 aromatic carbocycles. The van der Waals surface area contributed by atoms with Crippen molar-refractivity contribution in [1.82, 2.24) is 19.1 Å². The van der Waals surface area contributed by atoms with Gasteiger partial charge in [-0.25, -0.2) is 12.7 Å². The number of sulfonamides is 1. The second kappa shape index (κ2) is 7.44. The Morgan fingerprint density at radius 2 is 2.04 bits per heavy atom. The zero-order chi connectivity index (χ0) is 17.0. The van der Waals surface area contributed by atoms with Crippen molar-refractivity contribution in [3.63, 3.8) is 0 Å². The van der Waals surface area contributed by atoms with E-state index in [2.05, 4.69) is 17.1 Å². The first-order valence-electron chi connectivity index (χ1n) is 8.47. The summed E-state index contributed by atoms with van der Waals surface area (Å²) < 4.78 is 29.1. The van der Waals surface area contributed by atoms with Gasteiger partial charge in [0.05, 0.1) is 5.75 Å². The molecule has 130 valence electrons. The summed E-state index contributed by atoms with van der Waals surface area (Å²) in [6.07, 6.45) is 4.46. The van der Waals surface area contributed by atoms with Gasteiger partial charge in [-0.05, 0) is 31.2 Å². The van der Waals surface area contributed by atoms with E-state index in [1.807, 2.05) is 34.9 Å². The van der Waals surface area contributed by atoms with Crippen LogP contribution in [-0.2, 0) is 28.7 Å². The van der Waals surface area contributed by atoms with Crippen LogP contribution in [0.4, 0.5) is 0 Å². The number of rotatable bonds is 6. The lowest BCUT2D eigenvalue weighted by molar-refractivity contribution is 0.261. The van der Waals surface area contributed by atoms with Crippen molar-refractivity contribution < 1.29 is 8.42 Å². The van der Waals surface area contributed by atoms with Gasteiger partial charge in [0.1, 0.15) is 12.2 Å². The molecule has 1 saturated heterocycles. The molecular formula is C17H24N4O2S. The average Bonchev–Trinajstić information content (AvgIpc) is 3.03. The highest BCUT2D eigenvalue weighted by molar-refractivity contribution is 7.88. The van der Waals surface area contributed by atoms with Gasteiger partial charge >= 0.3 is 0 Å². The van der Waals surface area contributed by atoms with E-state index in [-0.39, 0.29) is 5.75 Å². The second-order valence-corrected chi connectivity index (χ2v) is 8.31. The van der Waals surface area contributed by atoms with Gasteiger partial charge in [0, 0.05) is 26.1 Å². The SMILES string of the molecule is CCn1cnnc1CC1CCCN(S(=O)(=O)Cc2ccccc2)C1. The number of benzene rings is 1. The molecule has 0 N–H and O–H groups in total. The first kappa shape index (κ1) is 17.1. The Bertz CT molecular complexity index is 758. The van der Waals surface area contributed by atoms with E-state index in [1.54, 1.807) is 10.6 Å². The maximum absolute atomic E-state index is 12.7. The highest BCUT2D eigenvalue weighted by Crippen LogP contribution is 2.23. The number of hydrogen-bond acceptors (Lipinski definition) is 4. The normalized spacial score (nSPS) is 19.5. The van der Waals surface area contributed by atoms with Crippen LogP contribution in [0.25, 0.3) is 0 Å². The van der Waals surface area contributed by atoms with Crippen LogP contribution in [0.3, 0.4) is 0 Å². The molecule has 3 rings (SSSR count). The Balaban J connectivity index is 1.66. The molecule has 1 atom stereocenters. The molecule has 7 heteroatoms. The number of aryl methyl sites for hydroxylation is 1. The lowest BCUT2D eigenvalue weighted by Crippen LogP contribution is -2.41. The second-order valence-electron chi connectivity index (χ2n) is 6.35. The Morgan fingerprint density at radius 1 is 1.25 bits per heavy atom. The lowest BCUT2D eigenvalue weighted by Gasteiger charge is -2.31. The van der Waals surface area contributed by atoms with E-state index in [0.29, 0.717) is 19.0 Å². The molecule has 1 unspecified atom stereocenters. The van der Waals surface area contributed by atoms with Gasteiger partial charge in [-0.3, -0.25) is 0 Å². The highest BCUT2D eigenvalue weighted by atomic mass is 32.2. The molecule has 0 saturated carbocycles. The van der Waals surface area contributed by atoms with Crippen molar-refractivity contribution in [2.24, 2.45) is 5.92 Å². The summed E-state index contributed by atoms with van der Waals surface area (Å²) in [5.74, 6) is 1.33. The van der Waals surface area contributed by atoms with Crippen LogP contribution in [0.15, 0.2) is 36.7 Å². The lowest BCUT2D eigenvalue weighted by atomic mass is 9.96. The summed E-state index contributed by atoms with van der Waals surface area (Å²) in [6, 6.07) is 9.38. The van der Waals surface area contributed by atoms with Crippen molar-refractivity contribution in [3.8, 4) is 0 Å².